The summed E-state index contributed by atoms with van der Waals surface area (Å²) < 4.78 is 2.26. The molecule has 1 saturated heterocycles. The van der Waals surface area contributed by atoms with Crippen molar-refractivity contribution in [2.24, 2.45) is 0 Å². The van der Waals surface area contributed by atoms with Crippen LogP contribution in [0.25, 0.3) is 0 Å². The van der Waals surface area contributed by atoms with E-state index in [1.54, 1.807) is 0 Å². The van der Waals surface area contributed by atoms with E-state index >= 15 is 0 Å². The first kappa shape index (κ1) is 16.1. The largest absolute Gasteiger partial charge is 0.329 e. The standard InChI is InChI=1S/C20H25N5/c1-15-20(16(2)23-22-15)18-9-6-11-24(18)14-19-21-10-12-25(19)13-17-7-4-3-5-8-17/h3-5,7-8,10,12,18H,6,9,11,13-14H2,1-2H3,(H,22,23). The van der Waals surface area contributed by atoms with Gasteiger partial charge in [0.1, 0.15) is 5.82 Å². The number of benzene rings is 1. The van der Waals surface area contributed by atoms with Crippen molar-refractivity contribution in [3.05, 3.63) is 71.1 Å². The molecular weight excluding hydrogens is 310 g/mol. The fourth-order valence-corrected chi connectivity index (χ4v) is 3.99. The number of nitrogens with one attached hydrogen (secondary N) is 1. The molecule has 1 aromatic carbocycles. The number of nitrogens with zero attached hydrogens (tertiary/aromatic N) is 4. The summed E-state index contributed by atoms with van der Waals surface area (Å²) in [7, 11) is 0. The highest BCUT2D eigenvalue weighted by Crippen LogP contribution is 2.35. The number of rotatable bonds is 5. The molecule has 5 nitrogen and oxygen atoms in total. The third-order valence-electron chi connectivity index (χ3n) is 5.22. The van der Waals surface area contributed by atoms with Gasteiger partial charge in [0.25, 0.3) is 0 Å². The number of hydrogen-bond donors (Lipinski definition) is 1. The molecule has 0 aliphatic carbocycles. The van der Waals surface area contributed by atoms with E-state index in [0.29, 0.717) is 6.04 Å². The molecule has 0 radical (unpaired) electrons. The summed E-state index contributed by atoms with van der Waals surface area (Å²) in [5, 5.41) is 7.53. The van der Waals surface area contributed by atoms with Crippen molar-refractivity contribution < 1.29 is 0 Å². The Bertz CT molecular complexity index is 813. The Balaban J connectivity index is 1.53. The Hall–Kier alpha value is -2.40. The highest BCUT2D eigenvalue weighted by atomic mass is 15.2. The summed E-state index contributed by atoms with van der Waals surface area (Å²) >= 11 is 0. The molecule has 5 heteroatoms. The fourth-order valence-electron chi connectivity index (χ4n) is 3.99. The Labute approximate surface area is 148 Å². The van der Waals surface area contributed by atoms with E-state index in [0.717, 1.165) is 31.2 Å². The molecule has 3 heterocycles. The lowest BCUT2D eigenvalue weighted by Gasteiger charge is -2.25. The van der Waals surface area contributed by atoms with Gasteiger partial charge >= 0.3 is 0 Å². The maximum absolute atomic E-state index is 4.63. The first-order valence-corrected chi connectivity index (χ1v) is 9.02. The van der Waals surface area contributed by atoms with E-state index in [2.05, 4.69) is 75.0 Å². The van der Waals surface area contributed by atoms with Crippen molar-refractivity contribution >= 4 is 0 Å². The third-order valence-corrected chi connectivity index (χ3v) is 5.22. The summed E-state index contributed by atoms with van der Waals surface area (Å²) in [5.74, 6) is 1.13. The summed E-state index contributed by atoms with van der Waals surface area (Å²) in [5.41, 5.74) is 5.00. The molecule has 1 aliphatic heterocycles. The lowest BCUT2D eigenvalue weighted by molar-refractivity contribution is 0.238. The Morgan fingerprint density at radius 2 is 2.00 bits per heavy atom. The SMILES string of the molecule is Cc1n[nH]c(C)c1C1CCCN1Cc1nccn1Cc1ccccc1. The van der Waals surface area contributed by atoms with Gasteiger partial charge in [-0.15, -0.1) is 0 Å². The lowest BCUT2D eigenvalue weighted by atomic mass is 10.0. The molecule has 1 aliphatic rings. The zero-order valence-corrected chi connectivity index (χ0v) is 14.9. The number of hydrogen-bond acceptors (Lipinski definition) is 3. The summed E-state index contributed by atoms with van der Waals surface area (Å²) in [6.45, 7) is 7.10. The summed E-state index contributed by atoms with van der Waals surface area (Å²) in [6.07, 6.45) is 6.42. The van der Waals surface area contributed by atoms with Crippen LogP contribution in [0.3, 0.4) is 0 Å². The van der Waals surface area contributed by atoms with Crippen LogP contribution in [0.15, 0.2) is 42.7 Å². The second-order valence-electron chi connectivity index (χ2n) is 6.93. The van der Waals surface area contributed by atoms with Gasteiger partial charge in [0.15, 0.2) is 0 Å². The molecule has 25 heavy (non-hydrogen) atoms. The summed E-state index contributed by atoms with van der Waals surface area (Å²) in [4.78, 5) is 7.18. The Morgan fingerprint density at radius 1 is 1.16 bits per heavy atom. The number of imidazole rings is 1. The topological polar surface area (TPSA) is 49.7 Å². The molecule has 3 aromatic rings. The molecule has 130 valence electrons. The van der Waals surface area contributed by atoms with Crippen molar-refractivity contribution in [1.82, 2.24) is 24.6 Å². The van der Waals surface area contributed by atoms with E-state index in [4.69, 9.17) is 0 Å². The van der Waals surface area contributed by atoms with Gasteiger partial charge in [-0.3, -0.25) is 10.00 Å². The average Bonchev–Trinajstić information content (AvgIpc) is 3.32. The predicted octanol–water partition coefficient (Wildman–Crippen LogP) is 3.61. The zero-order valence-electron chi connectivity index (χ0n) is 14.9. The quantitative estimate of drug-likeness (QED) is 0.775. The number of H-pyrrole nitrogens is 1. The number of aromatic nitrogens is 4. The predicted molar refractivity (Wildman–Crippen MR) is 98.2 cm³/mol. The Morgan fingerprint density at radius 3 is 2.76 bits per heavy atom. The van der Waals surface area contributed by atoms with Gasteiger partial charge in [-0.1, -0.05) is 30.3 Å². The van der Waals surface area contributed by atoms with Gasteiger partial charge < -0.3 is 4.57 Å². The number of aromatic amines is 1. The highest BCUT2D eigenvalue weighted by Gasteiger charge is 2.30. The molecular formula is C20H25N5. The molecule has 0 saturated carbocycles. The molecule has 0 amide bonds. The van der Waals surface area contributed by atoms with E-state index in [1.165, 1.54) is 29.7 Å². The first-order chi connectivity index (χ1) is 12.2. The zero-order chi connectivity index (χ0) is 17.2. The molecule has 4 rings (SSSR count). The van der Waals surface area contributed by atoms with E-state index in [1.807, 2.05) is 6.20 Å². The smallest absolute Gasteiger partial charge is 0.123 e. The first-order valence-electron chi connectivity index (χ1n) is 9.02. The fraction of sp³-hybridized carbons (Fsp3) is 0.400. The van der Waals surface area contributed by atoms with Crippen molar-refractivity contribution in [3.63, 3.8) is 0 Å². The van der Waals surface area contributed by atoms with Crippen LogP contribution < -0.4 is 0 Å². The number of aryl methyl sites for hydroxylation is 2. The third kappa shape index (κ3) is 3.24. The van der Waals surface area contributed by atoms with Crippen LogP contribution in [-0.2, 0) is 13.1 Å². The van der Waals surface area contributed by atoms with Crippen LogP contribution in [0, 0.1) is 13.8 Å². The van der Waals surface area contributed by atoms with Crippen molar-refractivity contribution in [3.8, 4) is 0 Å². The molecule has 2 aromatic heterocycles. The van der Waals surface area contributed by atoms with Crippen LogP contribution in [0.4, 0.5) is 0 Å². The Kier molecular flexibility index (Phi) is 4.40. The van der Waals surface area contributed by atoms with Crippen LogP contribution in [0.2, 0.25) is 0 Å². The summed E-state index contributed by atoms with van der Waals surface area (Å²) in [6, 6.07) is 11.0. The molecule has 1 unspecified atom stereocenters. The normalized spacial score (nSPS) is 18.1. The van der Waals surface area contributed by atoms with Gasteiger partial charge in [-0.2, -0.15) is 5.10 Å². The lowest BCUT2D eigenvalue weighted by Crippen LogP contribution is -2.25. The van der Waals surface area contributed by atoms with Gasteiger partial charge in [0.2, 0.25) is 0 Å². The minimum atomic E-state index is 0.445. The highest BCUT2D eigenvalue weighted by molar-refractivity contribution is 5.28. The minimum Gasteiger partial charge on any atom is -0.329 e. The van der Waals surface area contributed by atoms with Crippen molar-refractivity contribution in [2.45, 2.75) is 45.8 Å². The maximum Gasteiger partial charge on any atom is 0.123 e. The van der Waals surface area contributed by atoms with Crippen LogP contribution in [0.1, 0.15) is 47.2 Å². The second-order valence-corrected chi connectivity index (χ2v) is 6.93. The molecule has 1 fully saturated rings. The van der Waals surface area contributed by atoms with Crippen molar-refractivity contribution in [1.29, 1.82) is 0 Å². The van der Waals surface area contributed by atoms with Gasteiger partial charge in [-0.05, 0) is 38.8 Å². The molecule has 0 spiro atoms. The number of likely N-dealkylation sites (tertiary alicyclic amines) is 1. The van der Waals surface area contributed by atoms with Gasteiger partial charge in [0, 0.05) is 36.2 Å². The van der Waals surface area contributed by atoms with E-state index in [9.17, 15) is 0 Å². The second kappa shape index (κ2) is 6.84. The average molecular weight is 335 g/mol. The maximum atomic E-state index is 4.63. The van der Waals surface area contributed by atoms with Crippen molar-refractivity contribution in [2.75, 3.05) is 6.54 Å². The van der Waals surface area contributed by atoms with Crippen LogP contribution >= 0.6 is 0 Å². The molecule has 0 bridgehead atoms. The van der Waals surface area contributed by atoms with Gasteiger partial charge in [0.05, 0.1) is 12.2 Å². The van der Waals surface area contributed by atoms with Crippen LogP contribution in [-0.4, -0.2) is 31.2 Å². The molecule has 1 atom stereocenters. The van der Waals surface area contributed by atoms with E-state index in [-0.39, 0.29) is 0 Å². The van der Waals surface area contributed by atoms with E-state index < -0.39 is 0 Å². The molecule has 1 N–H and O–H groups in total. The monoisotopic (exact) mass is 335 g/mol. The minimum absolute atomic E-state index is 0.445. The van der Waals surface area contributed by atoms with Gasteiger partial charge in [-0.25, -0.2) is 4.98 Å². The van der Waals surface area contributed by atoms with Crippen LogP contribution in [0.5, 0.6) is 0 Å².